The highest BCUT2D eigenvalue weighted by Gasteiger charge is 2.28. The lowest BCUT2D eigenvalue weighted by molar-refractivity contribution is 1.81. The van der Waals surface area contributed by atoms with E-state index in [2.05, 4.69) is 194 Å². The molecule has 0 aliphatic heterocycles. The largest absolute Gasteiger partial charge is 0.0616 e. The van der Waals surface area contributed by atoms with Gasteiger partial charge in [0.05, 0.1) is 0 Å². The molecule has 0 amide bonds. The van der Waals surface area contributed by atoms with Gasteiger partial charge in [0.2, 0.25) is 0 Å². The maximum atomic E-state index is 2.51. The predicted molar refractivity (Wildman–Crippen MR) is 367 cm³/mol. The first-order valence-corrected chi connectivity index (χ1v) is 30.0. The van der Waals surface area contributed by atoms with E-state index in [1.54, 1.807) is 0 Å². The lowest BCUT2D eigenvalue weighted by Crippen LogP contribution is -1.96. The Kier molecular flexibility index (Phi) is 5.35. The SMILES string of the molecule is c1ccc2c(c1)c1cc3c(cc21)c1cc2c(cc31)c1cc3c(cc21)c1cc2c(cc31)c1cc3c(cc21)c1cc2c(cc31)c1cc3c4cc5c6cc7c8cc9c%10cc%11c%12cc%13c%14ccccc%14c%13cc%12c%11cc%10c9cc8c7cc6c5cc4c3cc21. The van der Waals surface area contributed by atoms with Crippen LogP contribution in [0.2, 0.25) is 0 Å². The Labute approximate surface area is 471 Å². The highest BCUT2D eigenvalue weighted by Crippen LogP contribution is 2.56. The van der Waals surface area contributed by atoms with E-state index in [1.807, 2.05) is 0 Å². The normalized spacial score (nSPS) is 14.2. The lowest BCUT2D eigenvalue weighted by atomic mass is 9.79. The van der Waals surface area contributed by atoms with Crippen LogP contribution in [0.25, 0.3) is 280 Å². The fourth-order valence-corrected chi connectivity index (χ4v) is 19.0. The van der Waals surface area contributed by atoms with Crippen LogP contribution in [-0.2, 0) is 0 Å². The van der Waals surface area contributed by atoms with Crippen molar-refractivity contribution in [3.63, 3.8) is 0 Å². The summed E-state index contributed by atoms with van der Waals surface area (Å²) < 4.78 is 0. The molecule has 0 aliphatic rings. The molecule has 0 nitrogen and oxygen atoms in total. The van der Waals surface area contributed by atoms with Crippen molar-refractivity contribution >= 4 is 280 Å². The zero-order valence-corrected chi connectivity index (χ0v) is 44.5. The summed E-state index contributed by atoms with van der Waals surface area (Å²) in [6, 6.07) is 77.5. The van der Waals surface area contributed by atoms with E-state index in [0.29, 0.717) is 0 Å². The van der Waals surface area contributed by atoms with Crippen LogP contribution in [0.1, 0.15) is 0 Å². The van der Waals surface area contributed by atoms with E-state index in [0.717, 1.165) is 0 Å². The first kappa shape index (κ1) is 38.7. The van der Waals surface area contributed by atoms with Crippen molar-refractivity contribution in [3.8, 4) is 0 Å². The average molecular weight is 1040 g/mol. The van der Waals surface area contributed by atoms with Gasteiger partial charge in [0, 0.05) is 0 Å². The summed E-state index contributed by atoms with van der Waals surface area (Å²) in [5.41, 5.74) is 0. The quantitative estimate of drug-likeness (QED) is 0.142. The van der Waals surface area contributed by atoms with E-state index in [1.165, 1.54) is 280 Å². The Morgan fingerprint density at radius 1 is 0.0714 bits per heavy atom. The van der Waals surface area contributed by atoms with Crippen molar-refractivity contribution in [2.24, 2.45) is 0 Å². The second-order valence-corrected chi connectivity index (χ2v) is 26.4. The fraction of sp³-hybridized carbons (Fsp3) is 0. The van der Waals surface area contributed by atoms with Gasteiger partial charge in [-0.15, -0.1) is 0 Å². The predicted octanol–water partition coefficient (Wildman–Crippen LogP) is 24.4. The van der Waals surface area contributed by atoms with Crippen LogP contribution in [0.15, 0.2) is 194 Å². The lowest BCUT2D eigenvalue weighted by Gasteiger charge is -2.24. The third-order valence-electron chi connectivity index (χ3n) is 23.3. The van der Waals surface area contributed by atoms with Crippen molar-refractivity contribution in [1.29, 1.82) is 0 Å². The van der Waals surface area contributed by atoms with Crippen molar-refractivity contribution in [3.05, 3.63) is 194 Å². The molecule has 0 N–H and O–H groups in total. The Morgan fingerprint density at radius 2 is 0.131 bits per heavy atom. The molecule has 0 saturated carbocycles. The number of fused-ring (bicyclic) bond motifs is 52. The van der Waals surface area contributed by atoms with Crippen molar-refractivity contribution in [2.45, 2.75) is 0 Å². The fourth-order valence-electron chi connectivity index (χ4n) is 19.0. The Balaban J connectivity index is 0.559. The molecule has 368 valence electrons. The van der Waals surface area contributed by atoms with Crippen LogP contribution < -0.4 is 0 Å². The Bertz CT molecular complexity index is 6850. The van der Waals surface area contributed by atoms with Gasteiger partial charge in [0.25, 0.3) is 0 Å². The smallest absolute Gasteiger partial charge is 0.00921 e. The molecule has 0 heteroatoms. The van der Waals surface area contributed by atoms with E-state index >= 15 is 0 Å². The zero-order valence-electron chi connectivity index (χ0n) is 44.5. The molecular formula is C84H32. The minimum Gasteiger partial charge on any atom is -0.0616 e. The number of benzene rings is 14. The van der Waals surface area contributed by atoms with Crippen LogP contribution in [0.4, 0.5) is 0 Å². The minimum absolute atomic E-state index is 1.39. The van der Waals surface area contributed by atoms with Crippen LogP contribution >= 0.6 is 0 Å². The van der Waals surface area contributed by atoms with Gasteiger partial charge in [-0.3, -0.25) is 0 Å². The summed E-state index contributed by atoms with van der Waals surface area (Å²) in [7, 11) is 0. The highest BCUT2D eigenvalue weighted by atomic mass is 14.3. The first-order valence-electron chi connectivity index (χ1n) is 30.0. The molecule has 0 atom stereocenters. The van der Waals surface area contributed by atoms with Gasteiger partial charge in [-0.1, -0.05) is 48.5 Å². The van der Waals surface area contributed by atoms with Gasteiger partial charge in [0.1, 0.15) is 0 Å². The molecule has 27 rings (SSSR count). The van der Waals surface area contributed by atoms with E-state index in [-0.39, 0.29) is 0 Å². The number of rotatable bonds is 0. The van der Waals surface area contributed by atoms with Gasteiger partial charge in [-0.2, -0.15) is 0 Å². The van der Waals surface area contributed by atoms with Crippen LogP contribution in [-0.4, -0.2) is 0 Å². The van der Waals surface area contributed by atoms with Gasteiger partial charge < -0.3 is 0 Å². The third-order valence-corrected chi connectivity index (χ3v) is 23.3. The van der Waals surface area contributed by atoms with Crippen LogP contribution in [0.5, 0.6) is 0 Å². The molecular weight excluding hydrogens is 1010 g/mol. The van der Waals surface area contributed by atoms with E-state index in [4.69, 9.17) is 0 Å². The highest BCUT2D eigenvalue weighted by molar-refractivity contribution is 6.48. The molecule has 27 aromatic rings. The Hall–Kier alpha value is -10.9. The molecule has 0 aromatic heterocycles. The molecule has 27 aromatic carbocycles. The molecule has 0 aliphatic carbocycles. The van der Waals surface area contributed by atoms with E-state index in [9.17, 15) is 0 Å². The van der Waals surface area contributed by atoms with Gasteiger partial charge in [-0.25, -0.2) is 0 Å². The van der Waals surface area contributed by atoms with Crippen molar-refractivity contribution in [1.82, 2.24) is 0 Å². The first-order chi connectivity index (χ1) is 41.6. The zero-order chi connectivity index (χ0) is 52.6. The Morgan fingerprint density at radius 3 is 0.202 bits per heavy atom. The van der Waals surface area contributed by atoms with Gasteiger partial charge in [-0.05, 0) is 426 Å². The number of hydrogen-bond acceptors (Lipinski definition) is 0. The average Bonchev–Trinajstić information content (AvgIpc) is 1.01. The summed E-state index contributed by atoms with van der Waals surface area (Å²) in [6.45, 7) is 0. The maximum absolute atomic E-state index is 2.51. The molecule has 0 heterocycles. The third kappa shape index (κ3) is 3.70. The monoisotopic (exact) mass is 1040 g/mol. The summed E-state index contributed by atoms with van der Waals surface area (Å²) in [5.74, 6) is 0. The second-order valence-electron chi connectivity index (χ2n) is 26.4. The number of hydrogen-bond donors (Lipinski definition) is 0. The molecule has 0 unspecified atom stereocenters. The summed E-state index contributed by atoms with van der Waals surface area (Å²) in [5, 5.41) is 73.2. The van der Waals surface area contributed by atoms with E-state index < -0.39 is 0 Å². The molecule has 0 radical (unpaired) electrons. The summed E-state index contributed by atoms with van der Waals surface area (Å²) >= 11 is 0. The minimum atomic E-state index is 1.39. The molecule has 0 fully saturated rings. The van der Waals surface area contributed by atoms with Gasteiger partial charge in [0.15, 0.2) is 0 Å². The second kappa shape index (κ2) is 11.6. The van der Waals surface area contributed by atoms with Crippen molar-refractivity contribution < 1.29 is 0 Å². The van der Waals surface area contributed by atoms with Crippen LogP contribution in [0, 0.1) is 0 Å². The molecule has 0 spiro atoms. The standard InChI is InChI=1S/C84H32/c1-2-6-34-33(5-1)37-9-41-42(10-38(34)37)46-14-50-49(13-45(41)46)53-17-57-58(18-54(50)53)62-22-66-65(21-61(57)62)69-25-73-74(26-70(66)69)78-30-82-81(29-77(73)78)83-31-79-75-27-71-67-23-63-59-19-55-51-15-47-43-11-39-35-7-3-4-8-36(35)40(39)12-44(43)48(47)16-52(51)56(55)20-60(59)64(63)24-68(67)72(71)28-76(75)80(79)32-84(82)83/h1-32H. The topological polar surface area (TPSA) is 0 Å². The summed E-state index contributed by atoms with van der Waals surface area (Å²) in [6.07, 6.45) is 0. The maximum Gasteiger partial charge on any atom is -0.00921 e. The van der Waals surface area contributed by atoms with Gasteiger partial charge >= 0.3 is 0 Å². The van der Waals surface area contributed by atoms with Crippen molar-refractivity contribution in [2.75, 3.05) is 0 Å². The molecule has 84 heavy (non-hydrogen) atoms. The summed E-state index contributed by atoms with van der Waals surface area (Å²) in [4.78, 5) is 0. The molecule has 0 bridgehead atoms. The van der Waals surface area contributed by atoms with Crippen LogP contribution in [0.3, 0.4) is 0 Å². The molecule has 0 saturated heterocycles.